The second-order valence-electron chi connectivity index (χ2n) is 1.08. The van der Waals surface area contributed by atoms with E-state index in [2.05, 4.69) is 11.6 Å². The average molecular weight is 98.1 g/mol. The molecule has 7 heavy (non-hydrogen) atoms. The lowest BCUT2D eigenvalue weighted by Crippen LogP contribution is -2.01. The molecule has 0 spiro atoms. The van der Waals surface area contributed by atoms with Crippen LogP contribution >= 0.6 is 0 Å². The van der Waals surface area contributed by atoms with Gasteiger partial charge in [-0.15, -0.1) is 0 Å². The van der Waals surface area contributed by atoms with Crippen molar-refractivity contribution in [2.24, 2.45) is 10.7 Å². The van der Waals surface area contributed by atoms with Gasteiger partial charge >= 0.3 is 0 Å². The Kier molecular flexibility index (Phi) is 4.89. The molecule has 0 heterocycles. The fourth-order valence-electron chi connectivity index (χ4n) is 0.224. The minimum atomic E-state index is 0.615. The van der Waals surface area contributed by atoms with Crippen LogP contribution in [0, 0.1) is 0 Å². The Morgan fingerprint density at radius 1 is 1.71 bits per heavy atom. The molecular formula is C5H10N2. The van der Waals surface area contributed by atoms with Crippen LogP contribution in [-0.4, -0.2) is 19.3 Å². The minimum Gasteiger partial charge on any atom is -0.329 e. The van der Waals surface area contributed by atoms with Crippen molar-refractivity contribution in [3.8, 4) is 0 Å². The predicted molar refractivity (Wildman–Crippen MR) is 32.6 cm³/mol. The Labute approximate surface area is 43.7 Å². The van der Waals surface area contributed by atoms with Crippen LogP contribution in [-0.2, 0) is 0 Å². The molecule has 0 aromatic carbocycles. The zero-order chi connectivity index (χ0) is 5.54. The summed E-state index contributed by atoms with van der Waals surface area (Å²) in [7, 11) is 0. The first kappa shape index (κ1) is 6.37. The minimum absolute atomic E-state index is 0.615. The van der Waals surface area contributed by atoms with Gasteiger partial charge in [-0.2, -0.15) is 0 Å². The molecule has 0 bridgehead atoms. The van der Waals surface area contributed by atoms with Crippen LogP contribution in [0.2, 0.25) is 0 Å². The molecule has 0 saturated heterocycles. The molecule has 0 aliphatic carbocycles. The molecule has 0 rings (SSSR count). The van der Waals surface area contributed by atoms with Gasteiger partial charge in [0.25, 0.3) is 0 Å². The van der Waals surface area contributed by atoms with Crippen molar-refractivity contribution >= 4 is 6.21 Å². The van der Waals surface area contributed by atoms with Gasteiger partial charge in [0.2, 0.25) is 0 Å². The maximum atomic E-state index is 5.12. The zero-order valence-corrected chi connectivity index (χ0v) is 4.30. The Morgan fingerprint density at radius 2 is 2.43 bits per heavy atom. The van der Waals surface area contributed by atoms with Gasteiger partial charge in [-0.25, -0.2) is 0 Å². The van der Waals surface area contributed by atoms with E-state index in [9.17, 15) is 0 Å². The maximum absolute atomic E-state index is 5.12. The lowest BCUT2D eigenvalue weighted by Gasteiger charge is -1.79. The molecule has 0 aromatic heterocycles. The van der Waals surface area contributed by atoms with Gasteiger partial charge in [0.05, 0.1) is 6.54 Å². The first-order chi connectivity index (χ1) is 3.41. The highest BCUT2D eigenvalue weighted by Gasteiger charge is 1.65. The van der Waals surface area contributed by atoms with Crippen molar-refractivity contribution in [1.82, 2.24) is 0 Å². The van der Waals surface area contributed by atoms with Gasteiger partial charge in [0, 0.05) is 12.8 Å². The number of nitrogens with two attached hydrogens (primary N) is 1. The molecule has 0 saturated carbocycles. The lowest BCUT2D eigenvalue weighted by molar-refractivity contribution is 0.981. The predicted octanol–water partition coefficient (Wildman–Crippen LogP) is 0.202. The monoisotopic (exact) mass is 98.1 g/mol. The first-order valence-corrected chi connectivity index (χ1v) is 2.22. The summed E-state index contributed by atoms with van der Waals surface area (Å²) in [6, 6.07) is 0. The van der Waals surface area contributed by atoms with Crippen molar-refractivity contribution in [2.75, 3.05) is 13.1 Å². The molecule has 0 atom stereocenters. The lowest BCUT2D eigenvalue weighted by atomic mass is 10.6. The van der Waals surface area contributed by atoms with E-state index in [1.165, 1.54) is 0 Å². The normalized spacial score (nSPS) is 9.86. The van der Waals surface area contributed by atoms with E-state index in [1.54, 1.807) is 12.3 Å². The molecule has 2 N–H and O–H groups in total. The van der Waals surface area contributed by atoms with Crippen molar-refractivity contribution in [3.63, 3.8) is 0 Å². The number of hydrogen-bond acceptors (Lipinski definition) is 2. The summed E-state index contributed by atoms with van der Waals surface area (Å²) in [4.78, 5) is 3.84. The van der Waals surface area contributed by atoms with Crippen LogP contribution < -0.4 is 5.73 Å². The van der Waals surface area contributed by atoms with Crippen LogP contribution in [0.1, 0.15) is 0 Å². The summed E-state index contributed by atoms with van der Waals surface area (Å²) in [5.41, 5.74) is 5.12. The summed E-state index contributed by atoms with van der Waals surface area (Å²) in [6.07, 6.45) is 3.28. The van der Waals surface area contributed by atoms with E-state index in [-0.39, 0.29) is 0 Å². The van der Waals surface area contributed by atoms with E-state index in [0.717, 1.165) is 0 Å². The smallest absolute Gasteiger partial charge is 0.0511 e. The van der Waals surface area contributed by atoms with E-state index in [4.69, 9.17) is 5.73 Å². The molecule has 0 amide bonds. The largest absolute Gasteiger partial charge is 0.329 e. The van der Waals surface area contributed by atoms with E-state index in [0.29, 0.717) is 13.1 Å². The summed E-state index contributed by atoms with van der Waals surface area (Å²) < 4.78 is 0. The van der Waals surface area contributed by atoms with E-state index < -0.39 is 0 Å². The van der Waals surface area contributed by atoms with Gasteiger partial charge in [-0.05, 0) is 0 Å². The number of hydrogen-bond donors (Lipinski definition) is 1. The van der Waals surface area contributed by atoms with E-state index in [1.807, 2.05) is 0 Å². The Bertz CT molecular complexity index is 66.5. The molecule has 2 nitrogen and oxygen atoms in total. The van der Waals surface area contributed by atoms with Crippen molar-refractivity contribution < 1.29 is 0 Å². The zero-order valence-electron chi connectivity index (χ0n) is 4.30. The second kappa shape index (κ2) is 5.37. The Hall–Kier alpha value is -0.630. The van der Waals surface area contributed by atoms with E-state index >= 15 is 0 Å². The quantitative estimate of drug-likeness (QED) is 0.503. The Balaban J connectivity index is 2.92. The van der Waals surface area contributed by atoms with Gasteiger partial charge in [0.15, 0.2) is 0 Å². The van der Waals surface area contributed by atoms with Crippen molar-refractivity contribution in [3.05, 3.63) is 12.7 Å². The van der Waals surface area contributed by atoms with Crippen molar-refractivity contribution in [1.29, 1.82) is 0 Å². The molecule has 0 radical (unpaired) electrons. The van der Waals surface area contributed by atoms with Crippen LogP contribution in [0.3, 0.4) is 0 Å². The van der Waals surface area contributed by atoms with Crippen LogP contribution in [0.5, 0.6) is 0 Å². The van der Waals surface area contributed by atoms with Gasteiger partial charge in [-0.1, -0.05) is 12.7 Å². The van der Waals surface area contributed by atoms with Crippen LogP contribution in [0.4, 0.5) is 0 Å². The number of nitrogens with zero attached hydrogens (tertiary/aromatic N) is 1. The second-order valence-corrected chi connectivity index (χ2v) is 1.08. The standard InChI is InChI=1S/C5H10N2/c1-2-4-7-5-3-6/h2,4H,1,3,5-6H2/b7-4+. The van der Waals surface area contributed by atoms with Crippen LogP contribution in [0.15, 0.2) is 17.6 Å². The fourth-order valence-corrected chi connectivity index (χ4v) is 0.224. The molecule has 0 unspecified atom stereocenters. The summed E-state index contributed by atoms with van der Waals surface area (Å²) in [5, 5.41) is 0. The molecule has 0 aliphatic rings. The summed E-state index contributed by atoms with van der Waals surface area (Å²) in [6.45, 7) is 4.76. The molecule has 2 heteroatoms. The molecule has 40 valence electrons. The highest BCUT2D eigenvalue weighted by molar-refractivity contribution is 5.69. The fraction of sp³-hybridized carbons (Fsp3) is 0.400. The van der Waals surface area contributed by atoms with Gasteiger partial charge in [0.1, 0.15) is 0 Å². The number of allylic oxidation sites excluding steroid dienone is 1. The third-order valence-electron chi connectivity index (χ3n) is 0.469. The first-order valence-electron chi connectivity index (χ1n) is 2.22. The average Bonchev–Trinajstić information content (AvgIpc) is 1.69. The highest BCUT2D eigenvalue weighted by Crippen LogP contribution is 1.61. The number of aliphatic imine (C=N–C) groups is 1. The molecule has 0 aromatic rings. The highest BCUT2D eigenvalue weighted by atomic mass is 14.7. The summed E-state index contributed by atoms with van der Waals surface area (Å²) >= 11 is 0. The maximum Gasteiger partial charge on any atom is 0.0511 e. The molecular weight excluding hydrogens is 88.1 g/mol. The van der Waals surface area contributed by atoms with Gasteiger partial charge < -0.3 is 5.73 Å². The third-order valence-corrected chi connectivity index (χ3v) is 0.469. The molecule has 0 aliphatic heterocycles. The third kappa shape index (κ3) is 5.37. The van der Waals surface area contributed by atoms with Gasteiger partial charge in [-0.3, -0.25) is 4.99 Å². The van der Waals surface area contributed by atoms with Crippen molar-refractivity contribution in [2.45, 2.75) is 0 Å². The SMILES string of the molecule is C=C/C=N/CCN. The summed E-state index contributed by atoms with van der Waals surface area (Å²) in [5.74, 6) is 0. The topological polar surface area (TPSA) is 38.4 Å². The molecule has 0 fully saturated rings. The van der Waals surface area contributed by atoms with Crippen LogP contribution in [0.25, 0.3) is 0 Å². The Morgan fingerprint density at radius 3 is 2.86 bits per heavy atom. The number of rotatable bonds is 3.